The molecule has 1 aliphatic heterocycles. The van der Waals surface area contributed by atoms with E-state index in [2.05, 4.69) is 39.0 Å². The highest BCUT2D eigenvalue weighted by molar-refractivity contribution is 5.42. The van der Waals surface area contributed by atoms with Crippen LogP contribution in [0, 0.1) is 0 Å². The van der Waals surface area contributed by atoms with Crippen molar-refractivity contribution in [3.8, 4) is 0 Å². The van der Waals surface area contributed by atoms with E-state index in [1.165, 1.54) is 38.5 Å². The Morgan fingerprint density at radius 2 is 1.90 bits per heavy atom. The predicted molar refractivity (Wildman–Crippen MR) is 87.5 cm³/mol. The molecule has 1 fully saturated rings. The van der Waals surface area contributed by atoms with Crippen molar-refractivity contribution in [1.29, 1.82) is 0 Å². The number of aromatic nitrogens is 3. The van der Waals surface area contributed by atoms with Gasteiger partial charge in [0.2, 0.25) is 17.8 Å². The molecule has 21 heavy (non-hydrogen) atoms. The van der Waals surface area contributed by atoms with Crippen LogP contribution >= 0.6 is 0 Å². The van der Waals surface area contributed by atoms with Gasteiger partial charge in [0.25, 0.3) is 0 Å². The Morgan fingerprint density at radius 1 is 1.14 bits per heavy atom. The van der Waals surface area contributed by atoms with Crippen LogP contribution in [-0.2, 0) is 0 Å². The van der Waals surface area contributed by atoms with Crippen LogP contribution in [0.2, 0.25) is 0 Å². The molecule has 0 spiro atoms. The molecule has 1 atom stereocenters. The van der Waals surface area contributed by atoms with Gasteiger partial charge >= 0.3 is 0 Å². The Morgan fingerprint density at radius 3 is 2.62 bits per heavy atom. The Hall–Kier alpha value is -1.59. The molecular formula is C15H28N6. The van der Waals surface area contributed by atoms with E-state index < -0.39 is 0 Å². The first-order valence-corrected chi connectivity index (χ1v) is 8.22. The van der Waals surface area contributed by atoms with Crippen molar-refractivity contribution in [2.24, 2.45) is 0 Å². The lowest BCUT2D eigenvalue weighted by atomic mass is 10.1. The predicted octanol–water partition coefficient (Wildman–Crippen LogP) is 2.82. The van der Waals surface area contributed by atoms with Crippen molar-refractivity contribution in [1.82, 2.24) is 15.0 Å². The van der Waals surface area contributed by atoms with Crippen molar-refractivity contribution in [3.05, 3.63) is 0 Å². The van der Waals surface area contributed by atoms with E-state index in [1.54, 1.807) is 0 Å². The van der Waals surface area contributed by atoms with Gasteiger partial charge in [0.05, 0.1) is 0 Å². The summed E-state index contributed by atoms with van der Waals surface area (Å²) in [6, 6.07) is 0.354. The average molecular weight is 292 g/mol. The number of nitrogens with zero attached hydrogens (tertiary/aromatic N) is 4. The average Bonchev–Trinajstić information content (AvgIpc) is 2.48. The molecule has 3 N–H and O–H groups in total. The number of nitrogens with two attached hydrogens (primary N) is 1. The summed E-state index contributed by atoms with van der Waals surface area (Å²) < 4.78 is 0. The topological polar surface area (TPSA) is 80.0 Å². The largest absolute Gasteiger partial charge is 0.368 e. The lowest BCUT2D eigenvalue weighted by molar-refractivity contribution is 0.567. The van der Waals surface area contributed by atoms with Gasteiger partial charge in [-0.25, -0.2) is 0 Å². The quantitative estimate of drug-likeness (QED) is 0.752. The smallest absolute Gasteiger partial charge is 0.231 e. The van der Waals surface area contributed by atoms with Crippen molar-refractivity contribution in [2.75, 3.05) is 29.0 Å². The molecule has 0 aliphatic carbocycles. The van der Waals surface area contributed by atoms with Gasteiger partial charge in [-0.3, -0.25) is 0 Å². The third-order valence-electron chi connectivity index (χ3n) is 3.90. The highest BCUT2D eigenvalue weighted by Gasteiger charge is 2.16. The second-order valence-electron chi connectivity index (χ2n) is 5.91. The van der Waals surface area contributed by atoms with Crippen LogP contribution in [0.4, 0.5) is 17.8 Å². The third kappa shape index (κ3) is 5.02. The van der Waals surface area contributed by atoms with Gasteiger partial charge in [-0.15, -0.1) is 0 Å². The summed E-state index contributed by atoms with van der Waals surface area (Å²) in [6.45, 7) is 6.40. The maximum Gasteiger partial charge on any atom is 0.231 e. The minimum Gasteiger partial charge on any atom is -0.368 e. The highest BCUT2D eigenvalue weighted by Crippen LogP contribution is 2.18. The number of hydrogen-bond acceptors (Lipinski definition) is 6. The summed E-state index contributed by atoms with van der Waals surface area (Å²) >= 11 is 0. The number of nitrogen functional groups attached to an aromatic ring is 1. The van der Waals surface area contributed by atoms with Crippen molar-refractivity contribution < 1.29 is 0 Å². The first-order valence-electron chi connectivity index (χ1n) is 8.22. The number of piperidine rings is 1. The third-order valence-corrected chi connectivity index (χ3v) is 3.90. The fourth-order valence-corrected chi connectivity index (χ4v) is 2.67. The zero-order valence-corrected chi connectivity index (χ0v) is 13.3. The summed E-state index contributed by atoms with van der Waals surface area (Å²) in [6.07, 6.45) is 8.54. The summed E-state index contributed by atoms with van der Waals surface area (Å²) in [5, 5.41) is 3.35. The standard InChI is InChI=1S/C15H28N6/c1-3-4-6-9-12(2)17-14-18-13(16)19-15(20-14)21-10-7-5-8-11-21/h12H,3-11H2,1-2H3,(H3,16,17,18,19,20). The number of nitrogens with one attached hydrogen (secondary N) is 1. The van der Waals surface area contributed by atoms with E-state index in [4.69, 9.17) is 5.73 Å². The molecule has 1 saturated heterocycles. The Kier molecular flexibility index (Phi) is 6.02. The van der Waals surface area contributed by atoms with Gasteiger partial charge in [0.1, 0.15) is 0 Å². The van der Waals surface area contributed by atoms with Crippen molar-refractivity contribution >= 4 is 17.8 Å². The summed E-state index contributed by atoms with van der Waals surface area (Å²) in [4.78, 5) is 15.2. The molecule has 1 aromatic heterocycles. The lowest BCUT2D eigenvalue weighted by Crippen LogP contribution is -2.31. The van der Waals surface area contributed by atoms with Gasteiger partial charge < -0.3 is 16.0 Å². The van der Waals surface area contributed by atoms with Crippen LogP contribution in [0.15, 0.2) is 0 Å². The maximum atomic E-state index is 5.83. The van der Waals surface area contributed by atoms with E-state index in [9.17, 15) is 0 Å². The first kappa shape index (κ1) is 15.8. The van der Waals surface area contributed by atoms with E-state index >= 15 is 0 Å². The Balaban J connectivity index is 1.97. The van der Waals surface area contributed by atoms with Gasteiger partial charge in [-0.05, 0) is 32.6 Å². The Labute approximate surface area is 127 Å². The highest BCUT2D eigenvalue weighted by atomic mass is 15.3. The number of rotatable bonds is 7. The van der Waals surface area contributed by atoms with Crippen LogP contribution in [0.5, 0.6) is 0 Å². The van der Waals surface area contributed by atoms with Crippen LogP contribution in [-0.4, -0.2) is 34.1 Å². The molecule has 0 saturated carbocycles. The van der Waals surface area contributed by atoms with Gasteiger partial charge in [0, 0.05) is 19.1 Å². The summed E-state index contributed by atoms with van der Waals surface area (Å²) in [5.74, 6) is 1.62. The monoisotopic (exact) mass is 292 g/mol. The van der Waals surface area contributed by atoms with Crippen LogP contribution < -0.4 is 16.0 Å². The lowest BCUT2D eigenvalue weighted by Gasteiger charge is -2.27. The molecule has 1 aliphatic rings. The molecule has 0 bridgehead atoms. The molecule has 2 heterocycles. The molecule has 6 nitrogen and oxygen atoms in total. The fourth-order valence-electron chi connectivity index (χ4n) is 2.67. The molecule has 0 radical (unpaired) electrons. The normalized spacial score (nSPS) is 16.8. The molecule has 2 rings (SSSR count). The molecule has 118 valence electrons. The van der Waals surface area contributed by atoms with Crippen LogP contribution in [0.3, 0.4) is 0 Å². The molecule has 1 unspecified atom stereocenters. The fraction of sp³-hybridized carbons (Fsp3) is 0.800. The number of unbranched alkanes of at least 4 members (excludes halogenated alkanes) is 2. The van der Waals surface area contributed by atoms with Crippen LogP contribution in [0.1, 0.15) is 58.8 Å². The van der Waals surface area contributed by atoms with E-state index in [1.807, 2.05) is 0 Å². The molecular weight excluding hydrogens is 264 g/mol. The van der Waals surface area contributed by atoms with Crippen LogP contribution in [0.25, 0.3) is 0 Å². The van der Waals surface area contributed by atoms with E-state index in [0.717, 1.165) is 19.5 Å². The summed E-state index contributed by atoms with van der Waals surface area (Å²) in [5.41, 5.74) is 5.83. The minimum absolute atomic E-state index is 0.300. The summed E-state index contributed by atoms with van der Waals surface area (Å²) in [7, 11) is 0. The molecule has 0 aromatic carbocycles. The van der Waals surface area contributed by atoms with Crippen molar-refractivity contribution in [2.45, 2.75) is 64.8 Å². The molecule has 0 amide bonds. The zero-order valence-electron chi connectivity index (χ0n) is 13.3. The van der Waals surface area contributed by atoms with Gasteiger partial charge in [-0.2, -0.15) is 15.0 Å². The second kappa shape index (κ2) is 8.00. The zero-order chi connectivity index (χ0) is 15.1. The number of hydrogen-bond donors (Lipinski definition) is 2. The van der Waals surface area contributed by atoms with Crippen molar-refractivity contribution in [3.63, 3.8) is 0 Å². The number of anilines is 3. The maximum absolute atomic E-state index is 5.83. The van der Waals surface area contributed by atoms with E-state index in [0.29, 0.717) is 23.9 Å². The molecule has 6 heteroatoms. The Bertz CT molecular complexity index is 430. The van der Waals surface area contributed by atoms with Gasteiger partial charge in [-0.1, -0.05) is 26.2 Å². The SMILES string of the molecule is CCCCCC(C)Nc1nc(N)nc(N2CCCCC2)n1. The second-order valence-corrected chi connectivity index (χ2v) is 5.91. The van der Waals surface area contributed by atoms with E-state index in [-0.39, 0.29) is 0 Å². The minimum atomic E-state index is 0.300. The molecule has 1 aromatic rings. The first-order chi connectivity index (χ1) is 10.2. The van der Waals surface area contributed by atoms with Gasteiger partial charge in [0.15, 0.2) is 0 Å².